The van der Waals surface area contributed by atoms with Crippen LogP contribution in [0.3, 0.4) is 0 Å². The fourth-order valence-corrected chi connectivity index (χ4v) is 3.55. The van der Waals surface area contributed by atoms with E-state index in [0.717, 1.165) is 5.56 Å². The van der Waals surface area contributed by atoms with Gasteiger partial charge in [-0.15, -0.1) is 0 Å². The highest BCUT2D eigenvalue weighted by atomic mass is 35.5. The molecule has 0 radical (unpaired) electrons. The monoisotopic (exact) mass is 319 g/mol. The van der Waals surface area contributed by atoms with Gasteiger partial charge in [0.2, 0.25) is 10.0 Å². The normalized spacial score (nSPS) is 21.0. The lowest BCUT2D eigenvalue weighted by Crippen LogP contribution is -2.43. The van der Waals surface area contributed by atoms with E-state index in [2.05, 4.69) is 0 Å². The number of rotatable bonds is 5. The first-order chi connectivity index (χ1) is 9.53. The number of hydrogen-bond acceptors (Lipinski definition) is 4. The summed E-state index contributed by atoms with van der Waals surface area (Å²) in [5, 5.41) is 0.647. The van der Waals surface area contributed by atoms with Crippen LogP contribution in [0, 0.1) is 0 Å². The quantitative estimate of drug-likeness (QED) is 0.828. The summed E-state index contributed by atoms with van der Waals surface area (Å²) < 4.78 is 36.3. The van der Waals surface area contributed by atoms with Crippen molar-refractivity contribution < 1.29 is 17.9 Å². The molecule has 0 amide bonds. The second-order valence-corrected chi connectivity index (χ2v) is 7.10. The van der Waals surface area contributed by atoms with E-state index < -0.39 is 10.0 Å². The molecule has 1 heterocycles. The van der Waals surface area contributed by atoms with Gasteiger partial charge in [-0.2, -0.15) is 4.31 Å². The van der Waals surface area contributed by atoms with Crippen LogP contribution in [0.15, 0.2) is 24.3 Å². The maximum Gasteiger partial charge on any atom is 0.216 e. The molecule has 20 heavy (non-hydrogen) atoms. The van der Waals surface area contributed by atoms with Crippen molar-refractivity contribution in [2.24, 2.45) is 0 Å². The minimum absolute atomic E-state index is 0.00314. The smallest absolute Gasteiger partial charge is 0.216 e. The van der Waals surface area contributed by atoms with E-state index in [1.165, 1.54) is 11.4 Å². The Morgan fingerprint density at radius 3 is 2.75 bits per heavy atom. The molecule has 0 saturated carbocycles. The second kappa shape index (κ2) is 6.87. The fraction of sp³-hybridized carbons (Fsp3) is 0.538. The Hall–Kier alpha value is -0.660. The van der Waals surface area contributed by atoms with Crippen molar-refractivity contribution >= 4 is 21.6 Å². The molecule has 1 fully saturated rings. The molecule has 0 aromatic heterocycles. The largest absolute Gasteiger partial charge is 0.384 e. The van der Waals surface area contributed by atoms with E-state index in [9.17, 15) is 8.42 Å². The van der Waals surface area contributed by atoms with E-state index in [-0.39, 0.29) is 18.5 Å². The lowest BCUT2D eigenvalue weighted by molar-refractivity contribution is -0.00268. The van der Waals surface area contributed by atoms with Crippen LogP contribution < -0.4 is 0 Å². The molecule has 0 spiro atoms. The van der Waals surface area contributed by atoms with Crippen molar-refractivity contribution in [1.82, 2.24) is 4.31 Å². The van der Waals surface area contributed by atoms with Crippen LogP contribution in [0.2, 0.25) is 5.02 Å². The predicted octanol–water partition coefficient (Wildman–Crippen LogP) is 1.69. The van der Waals surface area contributed by atoms with Crippen LogP contribution in [-0.2, 0) is 19.5 Å². The summed E-state index contributed by atoms with van der Waals surface area (Å²) in [6.45, 7) is 1.30. The van der Waals surface area contributed by atoms with Crippen LogP contribution in [0.25, 0.3) is 0 Å². The molecule has 5 nitrogen and oxygen atoms in total. The summed E-state index contributed by atoms with van der Waals surface area (Å²) in [5.41, 5.74) is 0.932. The van der Waals surface area contributed by atoms with Crippen molar-refractivity contribution in [3.8, 4) is 0 Å². The maximum atomic E-state index is 12.1. The lowest BCUT2D eigenvalue weighted by Gasteiger charge is -2.32. The Morgan fingerprint density at radius 2 is 2.10 bits per heavy atom. The van der Waals surface area contributed by atoms with Gasteiger partial charge in [0.15, 0.2) is 0 Å². The van der Waals surface area contributed by atoms with Crippen LogP contribution in [0.4, 0.5) is 0 Å². The highest BCUT2D eigenvalue weighted by Gasteiger charge is 2.29. The van der Waals surface area contributed by atoms with Gasteiger partial charge in [0.05, 0.1) is 25.1 Å². The first-order valence-corrected chi connectivity index (χ1v) is 8.35. The van der Waals surface area contributed by atoms with Gasteiger partial charge in [-0.3, -0.25) is 0 Å². The van der Waals surface area contributed by atoms with E-state index in [1.54, 1.807) is 12.1 Å². The SMILES string of the molecule is COCCS(=O)(=O)N1CCOC(c2ccc(Cl)cc2)C1. The minimum atomic E-state index is -3.29. The molecular formula is C13H18ClNO4S. The molecule has 1 unspecified atom stereocenters. The molecule has 1 atom stereocenters. The van der Waals surface area contributed by atoms with Crippen molar-refractivity contribution in [3.63, 3.8) is 0 Å². The highest BCUT2D eigenvalue weighted by molar-refractivity contribution is 7.89. The lowest BCUT2D eigenvalue weighted by atomic mass is 10.1. The van der Waals surface area contributed by atoms with Crippen LogP contribution >= 0.6 is 11.6 Å². The molecule has 112 valence electrons. The van der Waals surface area contributed by atoms with Crippen molar-refractivity contribution in [2.75, 3.05) is 39.2 Å². The topological polar surface area (TPSA) is 55.8 Å². The Morgan fingerprint density at radius 1 is 1.40 bits per heavy atom. The number of hydrogen-bond donors (Lipinski definition) is 0. The minimum Gasteiger partial charge on any atom is -0.384 e. The summed E-state index contributed by atoms with van der Waals surface area (Å²) >= 11 is 5.85. The summed E-state index contributed by atoms with van der Waals surface area (Å²) in [6, 6.07) is 7.27. The van der Waals surface area contributed by atoms with Crippen LogP contribution in [-0.4, -0.2) is 51.9 Å². The third-order valence-electron chi connectivity index (χ3n) is 3.21. The zero-order chi connectivity index (χ0) is 14.6. The number of ether oxygens (including phenoxy) is 2. The number of benzene rings is 1. The second-order valence-electron chi connectivity index (χ2n) is 4.58. The summed E-state index contributed by atoms with van der Waals surface area (Å²) in [6.07, 6.45) is -0.252. The number of nitrogens with zero attached hydrogens (tertiary/aromatic N) is 1. The molecular weight excluding hydrogens is 302 g/mol. The van der Waals surface area contributed by atoms with E-state index in [1.807, 2.05) is 12.1 Å². The Labute approximate surface area is 124 Å². The molecule has 0 bridgehead atoms. The van der Waals surface area contributed by atoms with Crippen molar-refractivity contribution in [3.05, 3.63) is 34.9 Å². The standard InChI is InChI=1S/C13H18ClNO4S/c1-18-8-9-20(16,17)15-6-7-19-13(10-15)11-2-4-12(14)5-3-11/h2-5,13H,6-10H2,1H3. The zero-order valence-corrected chi connectivity index (χ0v) is 12.9. The molecule has 7 heteroatoms. The third kappa shape index (κ3) is 3.93. The van der Waals surface area contributed by atoms with Gasteiger partial charge in [0.25, 0.3) is 0 Å². The zero-order valence-electron chi connectivity index (χ0n) is 11.3. The molecule has 0 N–H and O–H groups in total. The van der Waals surface area contributed by atoms with Gasteiger partial charge in [-0.1, -0.05) is 23.7 Å². The molecule has 0 aliphatic carbocycles. The van der Waals surface area contributed by atoms with Crippen molar-refractivity contribution in [1.29, 1.82) is 0 Å². The van der Waals surface area contributed by atoms with E-state index >= 15 is 0 Å². The van der Waals surface area contributed by atoms with Crippen LogP contribution in [0.5, 0.6) is 0 Å². The average Bonchev–Trinajstić information content (AvgIpc) is 2.46. The Balaban J connectivity index is 2.06. The molecule has 1 aliphatic rings. The van der Waals surface area contributed by atoms with Gasteiger partial charge in [0, 0.05) is 25.2 Å². The van der Waals surface area contributed by atoms with Gasteiger partial charge >= 0.3 is 0 Å². The third-order valence-corrected chi connectivity index (χ3v) is 5.26. The van der Waals surface area contributed by atoms with Gasteiger partial charge in [0.1, 0.15) is 0 Å². The number of halogens is 1. The van der Waals surface area contributed by atoms with Crippen molar-refractivity contribution in [2.45, 2.75) is 6.10 Å². The number of methoxy groups -OCH3 is 1. The Bertz CT molecular complexity index is 532. The van der Waals surface area contributed by atoms with E-state index in [0.29, 0.717) is 24.7 Å². The van der Waals surface area contributed by atoms with Gasteiger partial charge in [-0.25, -0.2) is 8.42 Å². The molecule has 1 saturated heterocycles. The predicted molar refractivity (Wildman–Crippen MR) is 77.4 cm³/mol. The maximum absolute atomic E-state index is 12.1. The summed E-state index contributed by atoms with van der Waals surface area (Å²) in [5.74, 6) is -0.00314. The molecule has 1 aliphatic heterocycles. The molecule has 1 aromatic carbocycles. The van der Waals surface area contributed by atoms with Gasteiger partial charge in [-0.05, 0) is 17.7 Å². The first-order valence-electron chi connectivity index (χ1n) is 6.37. The number of sulfonamides is 1. The first kappa shape index (κ1) is 15.7. The van der Waals surface area contributed by atoms with E-state index in [4.69, 9.17) is 21.1 Å². The fourth-order valence-electron chi connectivity index (χ4n) is 2.08. The highest BCUT2D eigenvalue weighted by Crippen LogP contribution is 2.25. The van der Waals surface area contributed by atoms with Gasteiger partial charge < -0.3 is 9.47 Å². The number of morpholine rings is 1. The molecule has 1 aromatic rings. The molecule has 2 rings (SSSR count). The van der Waals surface area contributed by atoms with Crippen LogP contribution in [0.1, 0.15) is 11.7 Å². The summed E-state index contributed by atoms with van der Waals surface area (Å²) in [4.78, 5) is 0. The summed E-state index contributed by atoms with van der Waals surface area (Å²) in [7, 11) is -1.80. The Kier molecular flexibility index (Phi) is 5.40. The average molecular weight is 320 g/mol.